The number of halogens is 3. The van der Waals surface area contributed by atoms with Crippen molar-refractivity contribution in [1.82, 2.24) is 4.98 Å². The average molecular weight is 327 g/mol. The molecule has 100 valence electrons. The third-order valence-corrected chi connectivity index (χ3v) is 3.23. The maximum atomic E-state index is 12.1. The molecule has 2 rings (SSSR count). The van der Waals surface area contributed by atoms with Gasteiger partial charge in [0.1, 0.15) is 11.2 Å². The molecule has 1 heterocycles. The van der Waals surface area contributed by atoms with Crippen molar-refractivity contribution < 1.29 is 4.79 Å². The summed E-state index contributed by atoms with van der Waals surface area (Å²) in [6.45, 7) is 0. The molecule has 4 nitrogen and oxygen atoms in total. The lowest BCUT2D eigenvalue weighted by molar-refractivity contribution is 0.102. The van der Waals surface area contributed by atoms with E-state index in [-0.39, 0.29) is 20.8 Å². The van der Waals surface area contributed by atoms with E-state index in [9.17, 15) is 4.79 Å². The van der Waals surface area contributed by atoms with E-state index in [2.05, 4.69) is 10.3 Å². The molecule has 0 atom stereocenters. The average Bonchev–Trinajstić information content (AvgIpc) is 2.41. The van der Waals surface area contributed by atoms with Gasteiger partial charge in [0, 0.05) is 11.9 Å². The van der Waals surface area contributed by atoms with Gasteiger partial charge in [0.05, 0.1) is 21.2 Å². The number of carbonyl (C=O) groups is 1. The predicted molar refractivity (Wildman–Crippen MR) is 78.4 cm³/mol. The van der Waals surface area contributed by atoms with Crippen molar-refractivity contribution in [3.05, 3.63) is 56.8 Å². The van der Waals surface area contributed by atoms with Gasteiger partial charge >= 0.3 is 0 Å². The highest BCUT2D eigenvalue weighted by molar-refractivity contribution is 6.35. The van der Waals surface area contributed by atoms with Gasteiger partial charge in [0.15, 0.2) is 0 Å². The third kappa shape index (κ3) is 3.20. The van der Waals surface area contributed by atoms with Crippen LogP contribution in [0.4, 0.5) is 5.69 Å². The summed E-state index contributed by atoms with van der Waals surface area (Å²) in [5.41, 5.74) is 0.977. The zero-order valence-electron chi connectivity index (χ0n) is 9.82. The van der Waals surface area contributed by atoms with Gasteiger partial charge in [0.2, 0.25) is 0 Å². The second-order valence-electron chi connectivity index (χ2n) is 3.75. The summed E-state index contributed by atoms with van der Waals surface area (Å²) in [5.74, 6) is -0.444. The fourth-order valence-corrected chi connectivity index (χ4v) is 2.04. The van der Waals surface area contributed by atoms with Gasteiger partial charge < -0.3 is 5.32 Å². The Bertz CT molecular complexity index is 725. The van der Waals surface area contributed by atoms with E-state index in [1.807, 2.05) is 6.07 Å². The number of amides is 1. The molecule has 0 unspecified atom stereocenters. The van der Waals surface area contributed by atoms with Crippen LogP contribution < -0.4 is 5.32 Å². The Balaban J connectivity index is 2.26. The van der Waals surface area contributed by atoms with E-state index in [1.54, 1.807) is 6.07 Å². The molecular formula is C13H6Cl3N3O. The van der Waals surface area contributed by atoms with Crippen LogP contribution in [0.3, 0.4) is 0 Å². The number of anilines is 1. The summed E-state index contributed by atoms with van der Waals surface area (Å²) in [5, 5.41) is 12.0. The SMILES string of the molecule is N#Cc1ccc(NC(=O)c2cc(Cl)ncc2Cl)cc1Cl. The fraction of sp³-hybridized carbons (Fsp3) is 0. The molecule has 0 spiro atoms. The molecule has 0 saturated heterocycles. The molecule has 1 aromatic heterocycles. The molecule has 1 N–H and O–H groups in total. The Morgan fingerprint density at radius 2 is 1.95 bits per heavy atom. The summed E-state index contributed by atoms with van der Waals surface area (Å²) in [6, 6.07) is 7.86. The molecule has 0 radical (unpaired) electrons. The van der Waals surface area contributed by atoms with E-state index in [0.717, 1.165) is 0 Å². The number of nitriles is 1. The Morgan fingerprint density at radius 3 is 2.60 bits per heavy atom. The first kappa shape index (κ1) is 14.6. The first-order valence-corrected chi connectivity index (χ1v) is 6.46. The van der Waals surface area contributed by atoms with Crippen LogP contribution in [0.25, 0.3) is 0 Å². The van der Waals surface area contributed by atoms with Crippen LogP contribution in [-0.4, -0.2) is 10.9 Å². The minimum Gasteiger partial charge on any atom is -0.322 e. The highest BCUT2D eigenvalue weighted by Gasteiger charge is 2.12. The number of carbonyl (C=O) groups excluding carboxylic acids is 1. The van der Waals surface area contributed by atoms with Crippen LogP contribution in [0.1, 0.15) is 15.9 Å². The summed E-state index contributed by atoms with van der Waals surface area (Å²) in [6.07, 6.45) is 1.30. The van der Waals surface area contributed by atoms with Crippen LogP contribution in [0.15, 0.2) is 30.5 Å². The first-order chi connectivity index (χ1) is 9.51. The monoisotopic (exact) mass is 325 g/mol. The first-order valence-electron chi connectivity index (χ1n) is 5.33. The highest BCUT2D eigenvalue weighted by Crippen LogP contribution is 2.23. The normalized spacial score (nSPS) is 9.90. The molecule has 7 heteroatoms. The molecule has 0 aliphatic heterocycles. The number of nitrogens with zero attached hydrogens (tertiary/aromatic N) is 2. The van der Waals surface area contributed by atoms with Crippen LogP contribution in [-0.2, 0) is 0 Å². The van der Waals surface area contributed by atoms with Gasteiger partial charge in [-0.05, 0) is 24.3 Å². The molecule has 0 bridgehead atoms. The van der Waals surface area contributed by atoms with Crippen LogP contribution in [0.5, 0.6) is 0 Å². The van der Waals surface area contributed by atoms with Gasteiger partial charge in [0.25, 0.3) is 5.91 Å². The van der Waals surface area contributed by atoms with Crippen molar-refractivity contribution in [1.29, 1.82) is 5.26 Å². The van der Waals surface area contributed by atoms with Gasteiger partial charge in [-0.2, -0.15) is 5.26 Å². The molecule has 0 aliphatic rings. The maximum Gasteiger partial charge on any atom is 0.257 e. The van der Waals surface area contributed by atoms with E-state index in [4.69, 9.17) is 40.1 Å². The zero-order valence-corrected chi connectivity index (χ0v) is 12.1. The van der Waals surface area contributed by atoms with Gasteiger partial charge in [-0.3, -0.25) is 4.79 Å². The maximum absolute atomic E-state index is 12.1. The van der Waals surface area contributed by atoms with Crippen molar-refractivity contribution in [2.45, 2.75) is 0 Å². The lowest BCUT2D eigenvalue weighted by Crippen LogP contribution is -2.12. The second-order valence-corrected chi connectivity index (χ2v) is 4.95. The smallest absolute Gasteiger partial charge is 0.257 e. The molecule has 0 aliphatic carbocycles. The number of hydrogen-bond donors (Lipinski definition) is 1. The van der Waals surface area contributed by atoms with Crippen molar-refractivity contribution in [3.8, 4) is 6.07 Å². The van der Waals surface area contributed by atoms with Gasteiger partial charge in [-0.25, -0.2) is 4.98 Å². The molecule has 20 heavy (non-hydrogen) atoms. The number of nitrogens with one attached hydrogen (secondary N) is 1. The van der Waals surface area contributed by atoms with Crippen molar-refractivity contribution in [3.63, 3.8) is 0 Å². The van der Waals surface area contributed by atoms with Crippen LogP contribution in [0.2, 0.25) is 15.2 Å². The lowest BCUT2D eigenvalue weighted by atomic mass is 10.2. The Kier molecular flexibility index (Phi) is 4.46. The second kappa shape index (κ2) is 6.10. The van der Waals surface area contributed by atoms with E-state index in [1.165, 1.54) is 24.4 Å². The molecular weight excluding hydrogens is 321 g/mol. The number of rotatable bonds is 2. The number of benzene rings is 1. The predicted octanol–water partition coefficient (Wildman–Crippen LogP) is 4.17. The number of hydrogen-bond acceptors (Lipinski definition) is 3. The Morgan fingerprint density at radius 1 is 1.20 bits per heavy atom. The molecule has 1 amide bonds. The summed E-state index contributed by atoms with van der Waals surface area (Å²) in [4.78, 5) is 15.8. The van der Waals surface area contributed by atoms with Crippen LogP contribution in [0, 0.1) is 11.3 Å². The summed E-state index contributed by atoms with van der Waals surface area (Å²) in [7, 11) is 0. The van der Waals surface area contributed by atoms with Crippen LogP contribution >= 0.6 is 34.8 Å². The Hall–Kier alpha value is -1.80. The summed E-state index contributed by atoms with van der Waals surface area (Å²) < 4.78 is 0. The standard InChI is InChI=1S/C13H6Cl3N3O/c14-10-3-8(2-1-7(10)5-17)19-13(20)9-4-12(16)18-6-11(9)15/h1-4,6H,(H,19,20). The lowest BCUT2D eigenvalue weighted by Gasteiger charge is -2.07. The zero-order chi connectivity index (χ0) is 14.7. The molecule has 0 saturated carbocycles. The van der Waals surface area contributed by atoms with E-state index in [0.29, 0.717) is 11.3 Å². The van der Waals surface area contributed by atoms with E-state index >= 15 is 0 Å². The molecule has 1 aromatic carbocycles. The van der Waals surface area contributed by atoms with Gasteiger partial charge in [-0.15, -0.1) is 0 Å². The topological polar surface area (TPSA) is 65.8 Å². The third-order valence-electron chi connectivity index (χ3n) is 2.41. The quantitative estimate of drug-likeness (QED) is 0.842. The summed E-state index contributed by atoms with van der Waals surface area (Å²) >= 11 is 17.5. The van der Waals surface area contributed by atoms with Crippen molar-refractivity contribution in [2.75, 3.05) is 5.32 Å². The van der Waals surface area contributed by atoms with Gasteiger partial charge in [-0.1, -0.05) is 34.8 Å². The number of pyridine rings is 1. The molecule has 2 aromatic rings. The van der Waals surface area contributed by atoms with E-state index < -0.39 is 5.91 Å². The molecule has 0 fully saturated rings. The van der Waals surface area contributed by atoms with Crippen molar-refractivity contribution >= 4 is 46.4 Å². The Labute approximate surface area is 129 Å². The fourth-order valence-electron chi connectivity index (χ4n) is 1.47. The minimum atomic E-state index is -0.444. The van der Waals surface area contributed by atoms with Crippen molar-refractivity contribution in [2.24, 2.45) is 0 Å². The number of aromatic nitrogens is 1. The minimum absolute atomic E-state index is 0.164. The highest BCUT2D eigenvalue weighted by atomic mass is 35.5. The largest absolute Gasteiger partial charge is 0.322 e.